The lowest BCUT2D eigenvalue weighted by molar-refractivity contribution is -0.141. The van der Waals surface area contributed by atoms with Gasteiger partial charge in [0.2, 0.25) is 5.91 Å². The average Bonchev–Trinajstić information content (AvgIpc) is 2.54. The molecule has 2 aliphatic rings. The minimum absolute atomic E-state index is 0.0125. The van der Waals surface area contributed by atoms with E-state index in [1.807, 2.05) is 4.90 Å². The van der Waals surface area contributed by atoms with Gasteiger partial charge < -0.3 is 15.0 Å². The molecule has 2 unspecified atom stereocenters. The van der Waals surface area contributed by atoms with E-state index in [1.54, 1.807) is 0 Å². The van der Waals surface area contributed by atoms with E-state index >= 15 is 0 Å². The molecule has 0 radical (unpaired) electrons. The minimum atomic E-state index is 0.0125. The molecule has 0 saturated carbocycles. The number of piperidine rings is 1. The summed E-state index contributed by atoms with van der Waals surface area (Å²) in [5, 5.41) is 3.53. The summed E-state index contributed by atoms with van der Waals surface area (Å²) in [5.41, 5.74) is 0. The van der Waals surface area contributed by atoms with Crippen molar-refractivity contribution in [2.24, 2.45) is 5.92 Å². The lowest BCUT2D eigenvalue weighted by Gasteiger charge is -2.39. The number of hydrogen-bond donors (Lipinski definition) is 1. The van der Waals surface area contributed by atoms with Gasteiger partial charge in [-0.3, -0.25) is 9.69 Å². The zero-order valence-electron chi connectivity index (χ0n) is 13.8. The summed E-state index contributed by atoms with van der Waals surface area (Å²) in [5.74, 6) is 1.02. The topological polar surface area (TPSA) is 44.8 Å². The third-order valence-electron chi connectivity index (χ3n) is 5.04. The second-order valence-electron chi connectivity index (χ2n) is 6.33. The van der Waals surface area contributed by atoms with Crippen LogP contribution in [-0.2, 0) is 9.53 Å². The van der Waals surface area contributed by atoms with Crippen molar-refractivity contribution in [3.63, 3.8) is 0 Å². The van der Waals surface area contributed by atoms with Gasteiger partial charge in [-0.25, -0.2) is 0 Å². The monoisotopic (exact) mass is 297 g/mol. The molecule has 0 aromatic carbocycles. The summed E-state index contributed by atoms with van der Waals surface area (Å²) >= 11 is 0. The highest BCUT2D eigenvalue weighted by molar-refractivity contribution is 5.81. The Labute approximate surface area is 129 Å². The summed E-state index contributed by atoms with van der Waals surface area (Å²) in [4.78, 5) is 16.8. The van der Waals surface area contributed by atoms with Crippen LogP contribution in [0.25, 0.3) is 0 Å². The van der Waals surface area contributed by atoms with Crippen LogP contribution >= 0.6 is 0 Å². The molecule has 2 heterocycles. The molecule has 2 aliphatic heterocycles. The Bertz CT molecular complexity index is 323. The first-order chi connectivity index (χ1) is 10.1. The van der Waals surface area contributed by atoms with Gasteiger partial charge in [-0.15, -0.1) is 0 Å². The Hall–Kier alpha value is -0.650. The predicted octanol–water partition coefficient (Wildman–Crippen LogP) is 0.944. The molecular weight excluding hydrogens is 266 g/mol. The van der Waals surface area contributed by atoms with Crippen LogP contribution in [-0.4, -0.2) is 73.7 Å². The largest absolute Gasteiger partial charge is 0.378 e. The number of likely N-dealkylation sites (tertiary alicyclic amines) is 1. The van der Waals surface area contributed by atoms with Gasteiger partial charge >= 0.3 is 0 Å². The lowest BCUT2D eigenvalue weighted by atomic mass is 9.89. The van der Waals surface area contributed by atoms with Crippen molar-refractivity contribution < 1.29 is 9.53 Å². The summed E-state index contributed by atoms with van der Waals surface area (Å²) in [6.45, 7) is 12.5. The van der Waals surface area contributed by atoms with Crippen molar-refractivity contribution in [1.29, 1.82) is 0 Å². The second kappa shape index (κ2) is 8.11. The van der Waals surface area contributed by atoms with E-state index in [0.29, 0.717) is 19.3 Å². The van der Waals surface area contributed by atoms with Crippen molar-refractivity contribution in [3.05, 3.63) is 0 Å². The molecule has 21 heavy (non-hydrogen) atoms. The van der Waals surface area contributed by atoms with Crippen molar-refractivity contribution in [1.82, 2.24) is 15.1 Å². The molecule has 2 saturated heterocycles. The average molecular weight is 297 g/mol. The first kappa shape index (κ1) is 16.7. The van der Waals surface area contributed by atoms with Gasteiger partial charge in [0.1, 0.15) is 0 Å². The Morgan fingerprint density at radius 2 is 1.81 bits per heavy atom. The normalized spacial score (nSPS) is 24.8. The maximum absolute atomic E-state index is 12.5. The third kappa shape index (κ3) is 4.41. The summed E-state index contributed by atoms with van der Waals surface area (Å²) < 4.78 is 5.32. The van der Waals surface area contributed by atoms with Gasteiger partial charge in [0, 0.05) is 19.1 Å². The molecule has 122 valence electrons. The van der Waals surface area contributed by atoms with Crippen molar-refractivity contribution in [2.45, 2.75) is 45.7 Å². The number of morpholine rings is 1. The molecule has 0 bridgehead atoms. The Kier molecular flexibility index (Phi) is 6.45. The second-order valence-corrected chi connectivity index (χ2v) is 6.33. The highest BCUT2D eigenvalue weighted by Gasteiger charge is 2.31. The number of nitrogens with zero attached hydrogens (tertiary/aromatic N) is 2. The lowest BCUT2D eigenvalue weighted by Crippen LogP contribution is -2.53. The highest BCUT2D eigenvalue weighted by Crippen LogP contribution is 2.22. The number of carbonyl (C=O) groups is 1. The van der Waals surface area contributed by atoms with Crippen LogP contribution in [0.4, 0.5) is 0 Å². The van der Waals surface area contributed by atoms with Gasteiger partial charge in [0.05, 0.1) is 19.3 Å². The van der Waals surface area contributed by atoms with E-state index in [-0.39, 0.29) is 11.9 Å². The van der Waals surface area contributed by atoms with E-state index in [2.05, 4.69) is 31.0 Å². The van der Waals surface area contributed by atoms with Crippen LogP contribution in [0, 0.1) is 5.92 Å². The molecular formula is C16H31N3O2. The third-order valence-corrected chi connectivity index (χ3v) is 5.04. The van der Waals surface area contributed by atoms with Gasteiger partial charge in [0.25, 0.3) is 0 Å². The fraction of sp³-hybridized carbons (Fsp3) is 0.938. The molecule has 0 aliphatic carbocycles. The van der Waals surface area contributed by atoms with Gasteiger partial charge in [-0.1, -0.05) is 6.92 Å². The first-order valence-corrected chi connectivity index (χ1v) is 8.47. The first-order valence-electron chi connectivity index (χ1n) is 8.47. The van der Waals surface area contributed by atoms with Crippen LogP contribution < -0.4 is 5.32 Å². The summed E-state index contributed by atoms with van der Waals surface area (Å²) in [7, 11) is 0. The van der Waals surface area contributed by atoms with Crippen LogP contribution in [0.3, 0.4) is 0 Å². The van der Waals surface area contributed by atoms with Gasteiger partial charge in [-0.2, -0.15) is 0 Å². The molecule has 5 nitrogen and oxygen atoms in total. The molecule has 1 amide bonds. The fourth-order valence-corrected chi connectivity index (χ4v) is 3.50. The molecule has 2 fully saturated rings. The highest BCUT2D eigenvalue weighted by atomic mass is 16.5. The smallest absolute Gasteiger partial charge is 0.239 e. The van der Waals surface area contributed by atoms with E-state index in [4.69, 9.17) is 4.74 Å². The predicted molar refractivity (Wildman–Crippen MR) is 84.3 cm³/mol. The molecule has 5 heteroatoms. The van der Waals surface area contributed by atoms with Gasteiger partial charge in [0.15, 0.2) is 0 Å². The van der Waals surface area contributed by atoms with Crippen molar-refractivity contribution in [2.75, 3.05) is 45.9 Å². The fourth-order valence-electron chi connectivity index (χ4n) is 3.50. The van der Waals surface area contributed by atoms with E-state index in [9.17, 15) is 4.79 Å². The minimum Gasteiger partial charge on any atom is -0.378 e. The van der Waals surface area contributed by atoms with E-state index in [1.165, 1.54) is 12.8 Å². The Morgan fingerprint density at radius 1 is 1.19 bits per heavy atom. The number of ether oxygens (including phenoxy) is 1. The maximum Gasteiger partial charge on any atom is 0.239 e. The zero-order chi connectivity index (χ0) is 15.2. The molecule has 1 N–H and O–H groups in total. The van der Waals surface area contributed by atoms with Crippen LogP contribution in [0.2, 0.25) is 0 Å². The number of rotatable bonds is 5. The summed E-state index contributed by atoms with van der Waals surface area (Å²) in [6, 6.07) is 0.598. The summed E-state index contributed by atoms with van der Waals surface area (Å²) in [6.07, 6.45) is 2.38. The number of amides is 1. The van der Waals surface area contributed by atoms with Crippen molar-refractivity contribution >= 4 is 5.91 Å². The number of hydrogen-bond acceptors (Lipinski definition) is 4. The maximum atomic E-state index is 12.5. The molecule has 0 spiro atoms. The van der Waals surface area contributed by atoms with Crippen molar-refractivity contribution in [3.8, 4) is 0 Å². The SMILES string of the molecule is CCNC(C)C1CCN(C(C)C(=O)N2CCOCC2)CC1. The standard InChI is InChI=1S/C16H31N3O2/c1-4-17-13(2)15-5-7-18(8-6-15)14(3)16(20)19-9-11-21-12-10-19/h13-15,17H,4-12H2,1-3H3. The Morgan fingerprint density at radius 3 is 2.38 bits per heavy atom. The van der Waals surface area contributed by atoms with Gasteiger partial charge in [-0.05, 0) is 52.2 Å². The zero-order valence-corrected chi connectivity index (χ0v) is 13.8. The quantitative estimate of drug-likeness (QED) is 0.820. The molecule has 2 atom stereocenters. The molecule has 0 aromatic rings. The Balaban J connectivity index is 1.79. The van der Waals surface area contributed by atoms with E-state index < -0.39 is 0 Å². The van der Waals surface area contributed by atoms with Crippen LogP contribution in [0.5, 0.6) is 0 Å². The van der Waals surface area contributed by atoms with Crippen LogP contribution in [0.15, 0.2) is 0 Å². The van der Waals surface area contributed by atoms with E-state index in [0.717, 1.165) is 38.6 Å². The molecule has 2 rings (SSSR count). The molecule has 0 aromatic heterocycles. The van der Waals surface area contributed by atoms with Crippen LogP contribution in [0.1, 0.15) is 33.6 Å². The number of carbonyl (C=O) groups excluding carboxylic acids is 1. The number of nitrogens with one attached hydrogen (secondary N) is 1.